The number of rotatable bonds is 7. The number of nitrogens with one attached hydrogen (secondary N) is 1. The molecule has 0 fully saturated rings. The zero-order chi connectivity index (χ0) is 15.2. The largest absolute Gasteiger partial charge is 0.441 e. The number of nitrogens with zero attached hydrogens (tertiary/aromatic N) is 2. The van der Waals surface area contributed by atoms with Gasteiger partial charge < -0.3 is 9.73 Å². The Morgan fingerprint density at radius 2 is 2.19 bits per heavy atom. The number of nitro benzene ring substituents is 1. The summed E-state index contributed by atoms with van der Waals surface area (Å²) < 4.78 is 5.65. The predicted molar refractivity (Wildman–Crippen MR) is 80.2 cm³/mol. The Balaban J connectivity index is 2.10. The summed E-state index contributed by atoms with van der Waals surface area (Å²) in [6.07, 6.45) is 3.40. The van der Waals surface area contributed by atoms with Crippen molar-refractivity contribution in [3.8, 4) is 11.3 Å². The Kier molecular flexibility index (Phi) is 5.05. The van der Waals surface area contributed by atoms with Gasteiger partial charge in [-0.1, -0.05) is 19.1 Å². The molecule has 1 heterocycles. The highest BCUT2D eigenvalue weighted by atomic mass is 16.6. The maximum absolute atomic E-state index is 11.0. The molecule has 6 nitrogen and oxygen atoms in total. The first-order valence-corrected chi connectivity index (χ1v) is 7.02. The van der Waals surface area contributed by atoms with Gasteiger partial charge in [0.05, 0.1) is 11.1 Å². The normalized spacial score (nSPS) is 10.8. The maximum Gasteiger partial charge on any atom is 0.273 e. The van der Waals surface area contributed by atoms with Gasteiger partial charge in [0, 0.05) is 30.2 Å². The van der Waals surface area contributed by atoms with Gasteiger partial charge in [0.2, 0.25) is 0 Å². The smallest absolute Gasteiger partial charge is 0.273 e. The van der Waals surface area contributed by atoms with Crippen molar-refractivity contribution in [2.24, 2.45) is 0 Å². The number of nitro groups is 1. The summed E-state index contributed by atoms with van der Waals surface area (Å²) in [4.78, 5) is 14.8. The SMILES string of the molecule is CCCNCCc1ncc(-c2ccc(C)c([N+](=O)[O-])c2)o1. The molecule has 0 saturated carbocycles. The fraction of sp³-hybridized carbons (Fsp3) is 0.400. The van der Waals surface area contributed by atoms with Gasteiger partial charge in [-0.25, -0.2) is 4.98 Å². The Bertz CT molecular complexity index is 622. The van der Waals surface area contributed by atoms with Crippen LogP contribution in [0.3, 0.4) is 0 Å². The van der Waals surface area contributed by atoms with E-state index in [4.69, 9.17) is 4.42 Å². The highest BCUT2D eigenvalue weighted by Crippen LogP contribution is 2.27. The van der Waals surface area contributed by atoms with Crippen LogP contribution in [0.4, 0.5) is 5.69 Å². The lowest BCUT2D eigenvalue weighted by atomic mass is 10.1. The molecule has 21 heavy (non-hydrogen) atoms. The first-order chi connectivity index (χ1) is 10.1. The molecule has 0 spiro atoms. The van der Waals surface area contributed by atoms with Gasteiger partial charge in [-0.3, -0.25) is 10.1 Å². The number of aromatic nitrogens is 1. The van der Waals surface area contributed by atoms with Gasteiger partial charge in [0.15, 0.2) is 11.7 Å². The Morgan fingerprint density at radius 3 is 2.90 bits per heavy atom. The molecular formula is C15H19N3O3. The van der Waals surface area contributed by atoms with Crippen molar-refractivity contribution in [1.29, 1.82) is 0 Å². The monoisotopic (exact) mass is 289 g/mol. The van der Waals surface area contributed by atoms with Crippen molar-refractivity contribution < 1.29 is 9.34 Å². The fourth-order valence-corrected chi connectivity index (χ4v) is 2.02. The van der Waals surface area contributed by atoms with Crippen molar-refractivity contribution in [2.75, 3.05) is 13.1 Å². The van der Waals surface area contributed by atoms with E-state index in [9.17, 15) is 10.1 Å². The third kappa shape index (κ3) is 3.88. The van der Waals surface area contributed by atoms with Crippen LogP contribution in [0.25, 0.3) is 11.3 Å². The number of hydrogen-bond acceptors (Lipinski definition) is 5. The Hall–Kier alpha value is -2.21. The molecule has 6 heteroatoms. The second-order valence-corrected chi connectivity index (χ2v) is 4.88. The molecular weight excluding hydrogens is 270 g/mol. The lowest BCUT2D eigenvalue weighted by molar-refractivity contribution is -0.385. The average Bonchev–Trinajstić information content (AvgIpc) is 2.92. The van der Waals surface area contributed by atoms with E-state index >= 15 is 0 Å². The maximum atomic E-state index is 11.0. The van der Waals surface area contributed by atoms with Crippen molar-refractivity contribution in [1.82, 2.24) is 10.3 Å². The van der Waals surface area contributed by atoms with E-state index in [1.807, 2.05) is 6.07 Å². The van der Waals surface area contributed by atoms with Gasteiger partial charge in [-0.15, -0.1) is 0 Å². The topological polar surface area (TPSA) is 81.2 Å². The standard InChI is InChI=1S/C15H19N3O3/c1-3-7-16-8-6-15-17-10-14(21-15)12-5-4-11(2)13(9-12)18(19)20/h4-5,9-10,16H,3,6-8H2,1-2H3. The molecule has 0 atom stereocenters. The second-order valence-electron chi connectivity index (χ2n) is 4.88. The minimum absolute atomic E-state index is 0.0927. The highest BCUT2D eigenvalue weighted by molar-refractivity contribution is 5.62. The lowest BCUT2D eigenvalue weighted by Gasteiger charge is -2.01. The summed E-state index contributed by atoms with van der Waals surface area (Å²) in [5.41, 5.74) is 1.40. The molecule has 1 aromatic carbocycles. The quantitative estimate of drug-likeness (QED) is 0.481. The zero-order valence-corrected chi connectivity index (χ0v) is 12.3. The molecule has 0 aliphatic heterocycles. The molecule has 0 radical (unpaired) electrons. The lowest BCUT2D eigenvalue weighted by Crippen LogP contribution is -2.17. The molecule has 0 amide bonds. The van der Waals surface area contributed by atoms with Crippen LogP contribution >= 0.6 is 0 Å². The van der Waals surface area contributed by atoms with Gasteiger partial charge in [-0.05, 0) is 19.9 Å². The third-order valence-electron chi connectivity index (χ3n) is 3.19. The highest BCUT2D eigenvalue weighted by Gasteiger charge is 2.14. The Morgan fingerprint density at radius 1 is 1.38 bits per heavy atom. The van der Waals surface area contributed by atoms with Crippen LogP contribution in [0.15, 0.2) is 28.8 Å². The van der Waals surface area contributed by atoms with Crippen LogP contribution in [0, 0.1) is 17.0 Å². The van der Waals surface area contributed by atoms with E-state index in [1.165, 1.54) is 6.07 Å². The van der Waals surface area contributed by atoms with Crippen molar-refractivity contribution in [3.05, 3.63) is 46.0 Å². The molecule has 2 aromatic rings. The van der Waals surface area contributed by atoms with Crippen molar-refractivity contribution in [2.45, 2.75) is 26.7 Å². The molecule has 1 N–H and O–H groups in total. The van der Waals surface area contributed by atoms with E-state index < -0.39 is 0 Å². The van der Waals surface area contributed by atoms with Gasteiger partial charge in [0.25, 0.3) is 5.69 Å². The summed E-state index contributed by atoms with van der Waals surface area (Å²) in [7, 11) is 0. The number of oxazole rings is 1. The zero-order valence-electron chi connectivity index (χ0n) is 12.3. The van der Waals surface area contributed by atoms with E-state index in [2.05, 4.69) is 17.2 Å². The van der Waals surface area contributed by atoms with E-state index in [-0.39, 0.29) is 10.6 Å². The number of benzene rings is 1. The predicted octanol–water partition coefficient (Wildman–Crippen LogP) is 3.10. The Labute approximate surface area is 123 Å². The van der Waals surface area contributed by atoms with Gasteiger partial charge in [-0.2, -0.15) is 0 Å². The van der Waals surface area contributed by atoms with E-state index in [1.54, 1.807) is 19.2 Å². The van der Waals surface area contributed by atoms with Crippen LogP contribution in [0.2, 0.25) is 0 Å². The number of aryl methyl sites for hydroxylation is 1. The first-order valence-electron chi connectivity index (χ1n) is 7.02. The first kappa shape index (κ1) is 15.2. The van der Waals surface area contributed by atoms with Crippen molar-refractivity contribution in [3.63, 3.8) is 0 Å². The van der Waals surface area contributed by atoms with Crippen LogP contribution in [0.5, 0.6) is 0 Å². The van der Waals surface area contributed by atoms with Gasteiger partial charge >= 0.3 is 0 Å². The summed E-state index contributed by atoms with van der Waals surface area (Å²) >= 11 is 0. The minimum Gasteiger partial charge on any atom is -0.441 e. The summed E-state index contributed by atoms with van der Waals surface area (Å²) in [6.45, 7) is 5.60. The molecule has 1 aromatic heterocycles. The van der Waals surface area contributed by atoms with E-state index in [0.29, 0.717) is 29.2 Å². The van der Waals surface area contributed by atoms with E-state index in [0.717, 1.165) is 19.5 Å². The molecule has 2 rings (SSSR count). The summed E-state index contributed by atoms with van der Waals surface area (Å²) in [5.74, 6) is 1.19. The molecule has 0 bridgehead atoms. The molecule has 0 aliphatic carbocycles. The second kappa shape index (κ2) is 6.99. The van der Waals surface area contributed by atoms with Crippen molar-refractivity contribution >= 4 is 5.69 Å². The number of hydrogen-bond donors (Lipinski definition) is 1. The molecule has 112 valence electrons. The molecule has 0 saturated heterocycles. The third-order valence-corrected chi connectivity index (χ3v) is 3.19. The van der Waals surface area contributed by atoms with Crippen LogP contribution in [-0.4, -0.2) is 23.0 Å². The molecule has 0 aliphatic rings. The van der Waals surface area contributed by atoms with Crippen LogP contribution < -0.4 is 5.32 Å². The summed E-state index contributed by atoms with van der Waals surface area (Å²) in [6, 6.07) is 5.05. The van der Waals surface area contributed by atoms with Gasteiger partial charge in [0.1, 0.15) is 0 Å². The average molecular weight is 289 g/mol. The minimum atomic E-state index is -0.384. The summed E-state index contributed by atoms with van der Waals surface area (Å²) in [5, 5.41) is 14.2. The fourth-order valence-electron chi connectivity index (χ4n) is 2.02. The van der Waals surface area contributed by atoms with Crippen LogP contribution in [-0.2, 0) is 6.42 Å². The van der Waals surface area contributed by atoms with Crippen LogP contribution in [0.1, 0.15) is 24.8 Å². The molecule has 0 unspecified atom stereocenters.